The second kappa shape index (κ2) is 10.1. The first-order valence-corrected chi connectivity index (χ1v) is 12.1. The van der Waals surface area contributed by atoms with Gasteiger partial charge >= 0.3 is 0 Å². The zero-order valence-corrected chi connectivity index (χ0v) is 19.1. The molecular weight excluding hydrogens is 404 g/mol. The normalized spacial score (nSPS) is 18.8. The smallest absolute Gasteiger partial charge is 0.233 e. The summed E-state index contributed by atoms with van der Waals surface area (Å²) in [5.41, 5.74) is 2.31. The lowest BCUT2D eigenvalue weighted by molar-refractivity contribution is -0.134. The topological polar surface area (TPSA) is 51.0 Å². The number of rotatable bonds is 7. The summed E-state index contributed by atoms with van der Waals surface area (Å²) in [4.78, 5) is 15.1. The highest BCUT2D eigenvalue weighted by Crippen LogP contribution is 2.27. The number of hydrogen-bond acceptors (Lipinski definition) is 4. The zero-order chi connectivity index (χ0) is 21.6. The fraction of sp³-hybridized carbons (Fsp3) is 0.400. The van der Waals surface area contributed by atoms with Crippen molar-refractivity contribution in [3.05, 3.63) is 72.1 Å². The van der Waals surface area contributed by atoms with E-state index >= 15 is 0 Å². The number of aromatic nitrogens is 3. The van der Waals surface area contributed by atoms with Gasteiger partial charge in [0, 0.05) is 24.2 Å². The van der Waals surface area contributed by atoms with Crippen molar-refractivity contribution in [3.8, 4) is 5.69 Å². The lowest BCUT2D eigenvalue weighted by atomic mass is 9.98. The third-order valence-corrected chi connectivity index (χ3v) is 6.91. The molecule has 2 aromatic carbocycles. The van der Waals surface area contributed by atoms with Crippen LogP contribution >= 0.6 is 11.8 Å². The second-order valence-electron chi connectivity index (χ2n) is 8.27. The quantitative estimate of drug-likeness (QED) is 0.495. The molecule has 6 heteroatoms. The van der Waals surface area contributed by atoms with E-state index in [2.05, 4.69) is 69.9 Å². The Morgan fingerprint density at radius 2 is 1.58 bits per heavy atom. The molecule has 0 aliphatic carbocycles. The van der Waals surface area contributed by atoms with Gasteiger partial charge in [-0.05, 0) is 57.2 Å². The number of thioether (sulfide) groups is 1. The number of para-hydroxylation sites is 1. The Morgan fingerprint density at radius 3 is 2.26 bits per heavy atom. The molecule has 162 valence electrons. The van der Waals surface area contributed by atoms with Crippen molar-refractivity contribution in [3.63, 3.8) is 0 Å². The summed E-state index contributed by atoms with van der Waals surface area (Å²) in [5, 5.41) is 9.74. The molecule has 1 aliphatic rings. The Balaban J connectivity index is 1.52. The predicted molar refractivity (Wildman–Crippen MR) is 126 cm³/mol. The van der Waals surface area contributed by atoms with Crippen LogP contribution in [0.2, 0.25) is 0 Å². The van der Waals surface area contributed by atoms with Crippen molar-refractivity contribution in [2.75, 3.05) is 5.75 Å². The van der Waals surface area contributed by atoms with Crippen LogP contribution < -0.4 is 0 Å². The van der Waals surface area contributed by atoms with Gasteiger partial charge in [-0.2, -0.15) is 0 Å². The number of carbonyl (C=O) groups excluding carboxylic acids is 1. The van der Waals surface area contributed by atoms with Crippen molar-refractivity contribution < 1.29 is 4.79 Å². The Labute approximate surface area is 188 Å². The highest BCUT2D eigenvalue weighted by Gasteiger charge is 2.29. The number of carbonyl (C=O) groups is 1. The van der Waals surface area contributed by atoms with E-state index < -0.39 is 0 Å². The molecule has 3 aromatic rings. The number of nitrogens with zero attached hydrogens (tertiary/aromatic N) is 4. The molecule has 0 spiro atoms. The second-order valence-corrected chi connectivity index (χ2v) is 9.22. The molecule has 1 saturated heterocycles. The number of likely N-dealkylation sites (tertiary alicyclic amines) is 1. The van der Waals surface area contributed by atoms with Gasteiger partial charge in [0.15, 0.2) is 5.16 Å². The first-order chi connectivity index (χ1) is 15.1. The maximum Gasteiger partial charge on any atom is 0.233 e. The standard InChI is InChI=1S/C25H30N4OS/c1-19-10-9-11-20(2)28(19)24(30)18-31-25-27-26-23(17-16-21-12-5-3-6-13-21)29(25)22-14-7-4-8-15-22/h3-8,12-15,19-20H,9-11,16-18H2,1-2H3/t19-,20+. The molecule has 1 fully saturated rings. The third-order valence-electron chi connectivity index (χ3n) is 6.00. The number of aryl methyl sites for hydroxylation is 2. The van der Waals surface area contributed by atoms with Crippen molar-refractivity contribution in [1.29, 1.82) is 0 Å². The van der Waals surface area contributed by atoms with Gasteiger partial charge in [0.05, 0.1) is 5.75 Å². The molecule has 4 rings (SSSR count). The van der Waals surface area contributed by atoms with Gasteiger partial charge in [0.25, 0.3) is 0 Å². The van der Waals surface area contributed by atoms with E-state index in [0.29, 0.717) is 17.8 Å². The molecule has 0 bridgehead atoms. The average molecular weight is 435 g/mol. The maximum absolute atomic E-state index is 13.0. The van der Waals surface area contributed by atoms with E-state index in [1.165, 1.54) is 23.7 Å². The molecule has 31 heavy (non-hydrogen) atoms. The average Bonchev–Trinajstić information content (AvgIpc) is 3.20. The predicted octanol–water partition coefficient (Wildman–Crippen LogP) is 4.93. The van der Waals surface area contributed by atoms with Gasteiger partial charge in [-0.1, -0.05) is 60.3 Å². The van der Waals surface area contributed by atoms with E-state index in [-0.39, 0.29) is 5.91 Å². The Bertz CT molecular complexity index is 979. The van der Waals surface area contributed by atoms with E-state index in [1.807, 2.05) is 24.3 Å². The Morgan fingerprint density at radius 1 is 0.935 bits per heavy atom. The number of piperidine rings is 1. The van der Waals surface area contributed by atoms with E-state index in [4.69, 9.17) is 0 Å². The molecule has 0 N–H and O–H groups in total. The number of hydrogen-bond donors (Lipinski definition) is 0. The van der Waals surface area contributed by atoms with Crippen LogP contribution in [0, 0.1) is 0 Å². The van der Waals surface area contributed by atoms with E-state index in [1.54, 1.807) is 0 Å². The van der Waals surface area contributed by atoms with Crippen LogP contribution in [0.15, 0.2) is 65.8 Å². The van der Waals surface area contributed by atoms with Crippen molar-refractivity contribution >= 4 is 17.7 Å². The summed E-state index contributed by atoms with van der Waals surface area (Å²) < 4.78 is 2.10. The molecule has 0 unspecified atom stereocenters. The van der Waals surface area contributed by atoms with Crippen molar-refractivity contribution in [1.82, 2.24) is 19.7 Å². The lowest BCUT2D eigenvalue weighted by Crippen LogP contribution is -2.48. The minimum absolute atomic E-state index is 0.193. The SMILES string of the molecule is C[C@@H]1CCC[C@H](C)N1C(=O)CSc1nnc(CCc2ccccc2)n1-c1ccccc1. The van der Waals surface area contributed by atoms with E-state index in [9.17, 15) is 4.79 Å². The Kier molecular flexibility index (Phi) is 7.07. The third kappa shape index (κ3) is 5.18. The molecule has 1 aromatic heterocycles. The van der Waals surface area contributed by atoms with Crippen LogP contribution in [0.3, 0.4) is 0 Å². The first-order valence-electron chi connectivity index (χ1n) is 11.1. The van der Waals surface area contributed by atoms with E-state index in [0.717, 1.165) is 42.4 Å². The summed E-state index contributed by atoms with van der Waals surface area (Å²) in [5.74, 6) is 1.50. The van der Waals surface area contributed by atoms with Gasteiger partial charge in [-0.15, -0.1) is 10.2 Å². The molecule has 1 aliphatic heterocycles. The highest BCUT2D eigenvalue weighted by atomic mass is 32.2. The maximum atomic E-state index is 13.0. The molecule has 0 saturated carbocycles. The lowest BCUT2D eigenvalue weighted by Gasteiger charge is -2.39. The van der Waals surface area contributed by atoms with Crippen LogP contribution in [0.4, 0.5) is 0 Å². The highest BCUT2D eigenvalue weighted by molar-refractivity contribution is 7.99. The summed E-state index contributed by atoms with van der Waals surface area (Å²) in [6.07, 6.45) is 5.07. The Hall–Kier alpha value is -2.60. The molecule has 2 heterocycles. The summed E-state index contributed by atoms with van der Waals surface area (Å²) in [7, 11) is 0. The minimum atomic E-state index is 0.193. The largest absolute Gasteiger partial charge is 0.337 e. The summed E-state index contributed by atoms with van der Waals surface area (Å²) in [6, 6.07) is 21.2. The number of benzene rings is 2. The fourth-order valence-corrected chi connectivity index (χ4v) is 5.25. The van der Waals surface area contributed by atoms with Crippen molar-refractivity contribution in [2.24, 2.45) is 0 Å². The van der Waals surface area contributed by atoms with Crippen LogP contribution in [0.25, 0.3) is 5.69 Å². The van der Waals surface area contributed by atoms with Gasteiger partial charge in [-0.25, -0.2) is 0 Å². The molecule has 2 atom stereocenters. The monoisotopic (exact) mass is 434 g/mol. The first kappa shape index (κ1) is 21.6. The fourth-order valence-electron chi connectivity index (χ4n) is 4.41. The molecule has 0 radical (unpaired) electrons. The molecular formula is C25H30N4OS. The van der Waals surface area contributed by atoms with Crippen LogP contribution in [0.1, 0.15) is 44.5 Å². The number of amides is 1. The van der Waals surface area contributed by atoms with Gasteiger partial charge in [0.1, 0.15) is 5.82 Å². The van der Waals surface area contributed by atoms with Crippen LogP contribution in [-0.4, -0.2) is 43.4 Å². The molecule has 1 amide bonds. The molecule has 5 nitrogen and oxygen atoms in total. The van der Waals surface area contributed by atoms with Crippen LogP contribution in [-0.2, 0) is 17.6 Å². The minimum Gasteiger partial charge on any atom is -0.337 e. The zero-order valence-electron chi connectivity index (χ0n) is 18.3. The van der Waals surface area contributed by atoms with Crippen LogP contribution in [0.5, 0.6) is 0 Å². The summed E-state index contributed by atoms with van der Waals surface area (Å²) in [6.45, 7) is 4.32. The summed E-state index contributed by atoms with van der Waals surface area (Å²) >= 11 is 1.49. The van der Waals surface area contributed by atoms with Gasteiger partial charge < -0.3 is 4.90 Å². The van der Waals surface area contributed by atoms with Crippen molar-refractivity contribution in [2.45, 2.75) is 63.2 Å². The van der Waals surface area contributed by atoms with Gasteiger partial charge in [0.2, 0.25) is 5.91 Å². The van der Waals surface area contributed by atoms with Gasteiger partial charge in [-0.3, -0.25) is 9.36 Å².